The second kappa shape index (κ2) is 7.56. The molecule has 140 valence electrons. The average Bonchev–Trinajstić information content (AvgIpc) is 3.11. The minimum absolute atomic E-state index is 0.262. The lowest BCUT2D eigenvalue weighted by atomic mass is 10.2. The molecule has 1 aromatic heterocycles. The Kier molecular flexibility index (Phi) is 4.81. The minimum atomic E-state index is -0.938. The maximum absolute atomic E-state index is 11.3. The standard InChI is InChI=1S/C23H20N2O3/c1-2-25-21-14-18(23(26)27)10-13-20(21)24-22(25)17-8-11-19(12-9-17)28-15-16-6-4-3-5-7-16/h3-14H,2,15H2,1H3,(H,26,27). The van der Waals surface area contributed by atoms with Gasteiger partial charge in [-0.3, -0.25) is 0 Å². The van der Waals surface area contributed by atoms with Gasteiger partial charge in [0.1, 0.15) is 18.2 Å². The highest BCUT2D eigenvalue weighted by Gasteiger charge is 2.14. The molecule has 0 aliphatic heterocycles. The highest BCUT2D eigenvalue weighted by molar-refractivity contribution is 5.93. The molecule has 28 heavy (non-hydrogen) atoms. The zero-order valence-corrected chi connectivity index (χ0v) is 15.5. The third kappa shape index (κ3) is 3.47. The molecule has 3 aromatic carbocycles. The molecule has 5 heteroatoms. The molecule has 1 N–H and O–H groups in total. The molecule has 0 saturated heterocycles. The first-order valence-corrected chi connectivity index (χ1v) is 9.16. The predicted molar refractivity (Wildman–Crippen MR) is 109 cm³/mol. The number of aromatic carboxylic acids is 1. The Hall–Kier alpha value is -3.60. The van der Waals surface area contributed by atoms with Gasteiger partial charge in [0.15, 0.2) is 0 Å². The summed E-state index contributed by atoms with van der Waals surface area (Å²) in [6.45, 7) is 3.24. The number of aromatic nitrogens is 2. The molecule has 0 atom stereocenters. The van der Waals surface area contributed by atoms with E-state index in [9.17, 15) is 9.90 Å². The number of aryl methyl sites for hydroxylation is 1. The Morgan fingerprint density at radius 3 is 2.46 bits per heavy atom. The summed E-state index contributed by atoms with van der Waals surface area (Å²) in [5, 5.41) is 9.25. The Balaban J connectivity index is 1.61. The Morgan fingerprint density at radius 1 is 1.04 bits per heavy atom. The van der Waals surface area contributed by atoms with Crippen LogP contribution in [0.15, 0.2) is 72.8 Å². The molecule has 4 aromatic rings. The van der Waals surface area contributed by atoms with Gasteiger partial charge in [0.2, 0.25) is 0 Å². The first kappa shape index (κ1) is 17.8. The van der Waals surface area contributed by atoms with Crippen molar-refractivity contribution in [2.24, 2.45) is 0 Å². The number of fused-ring (bicyclic) bond motifs is 1. The van der Waals surface area contributed by atoms with E-state index in [1.807, 2.05) is 66.1 Å². The molecule has 0 saturated carbocycles. The minimum Gasteiger partial charge on any atom is -0.489 e. The van der Waals surface area contributed by atoms with Gasteiger partial charge in [-0.2, -0.15) is 0 Å². The lowest BCUT2D eigenvalue weighted by Gasteiger charge is -2.09. The molecule has 0 aliphatic rings. The monoisotopic (exact) mass is 372 g/mol. The van der Waals surface area contributed by atoms with E-state index in [4.69, 9.17) is 9.72 Å². The van der Waals surface area contributed by atoms with E-state index in [0.29, 0.717) is 13.2 Å². The van der Waals surface area contributed by atoms with Crippen LogP contribution in [-0.2, 0) is 13.2 Å². The summed E-state index contributed by atoms with van der Waals surface area (Å²) in [6.07, 6.45) is 0. The van der Waals surface area contributed by atoms with Crippen LogP contribution in [-0.4, -0.2) is 20.6 Å². The van der Waals surface area contributed by atoms with Crippen LogP contribution in [0.25, 0.3) is 22.4 Å². The second-order valence-corrected chi connectivity index (χ2v) is 6.49. The molecule has 0 spiro atoms. The molecule has 0 aliphatic carbocycles. The van der Waals surface area contributed by atoms with Crippen molar-refractivity contribution in [3.63, 3.8) is 0 Å². The van der Waals surface area contributed by atoms with E-state index >= 15 is 0 Å². The molecule has 4 rings (SSSR count). The summed E-state index contributed by atoms with van der Waals surface area (Å²) in [7, 11) is 0. The van der Waals surface area contributed by atoms with E-state index < -0.39 is 5.97 Å². The first-order chi connectivity index (χ1) is 13.7. The molecule has 1 heterocycles. The molecule has 0 amide bonds. The fourth-order valence-corrected chi connectivity index (χ4v) is 3.24. The van der Waals surface area contributed by atoms with E-state index in [1.54, 1.807) is 18.2 Å². The van der Waals surface area contributed by atoms with Crippen molar-refractivity contribution < 1.29 is 14.6 Å². The summed E-state index contributed by atoms with van der Waals surface area (Å²) < 4.78 is 7.88. The van der Waals surface area contributed by atoms with Gasteiger partial charge in [0.25, 0.3) is 0 Å². The van der Waals surface area contributed by atoms with Gasteiger partial charge in [-0.25, -0.2) is 9.78 Å². The zero-order chi connectivity index (χ0) is 19.5. The van der Waals surface area contributed by atoms with Crippen LogP contribution < -0.4 is 4.74 Å². The van der Waals surface area contributed by atoms with Gasteiger partial charge in [-0.1, -0.05) is 30.3 Å². The van der Waals surface area contributed by atoms with Crippen LogP contribution in [0.3, 0.4) is 0 Å². The van der Waals surface area contributed by atoms with Crippen LogP contribution in [0.5, 0.6) is 5.75 Å². The summed E-state index contributed by atoms with van der Waals surface area (Å²) in [5.74, 6) is 0.668. The van der Waals surface area contributed by atoms with E-state index in [1.165, 1.54) is 0 Å². The van der Waals surface area contributed by atoms with Gasteiger partial charge in [-0.15, -0.1) is 0 Å². The topological polar surface area (TPSA) is 64.4 Å². The van der Waals surface area contributed by atoms with Gasteiger partial charge in [0, 0.05) is 12.1 Å². The number of hydrogen-bond donors (Lipinski definition) is 1. The normalized spacial score (nSPS) is 10.9. The third-order valence-corrected chi connectivity index (χ3v) is 4.67. The summed E-state index contributed by atoms with van der Waals surface area (Å²) >= 11 is 0. The average molecular weight is 372 g/mol. The molecular formula is C23H20N2O3. The fourth-order valence-electron chi connectivity index (χ4n) is 3.24. The number of imidazole rings is 1. The number of nitrogens with zero attached hydrogens (tertiary/aromatic N) is 2. The molecule has 0 unspecified atom stereocenters. The number of carboxylic acid groups (broad SMARTS) is 1. The summed E-state index contributed by atoms with van der Waals surface area (Å²) in [6, 6.07) is 22.9. The van der Waals surface area contributed by atoms with Crippen LogP contribution in [0.1, 0.15) is 22.8 Å². The Morgan fingerprint density at radius 2 is 1.79 bits per heavy atom. The SMILES string of the molecule is CCn1c(-c2ccc(OCc3ccccc3)cc2)nc2ccc(C(=O)O)cc21. The zero-order valence-electron chi connectivity index (χ0n) is 15.5. The number of carboxylic acids is 1. The van der Waals surface area contributed by atoms with Crippen molar-refractivity contribution in [2.75, 3.05) is 0 Å². The van der Waals surface area contributed by atoms with Crippen molar-refractivity contribution in [2.45, 2.75) is 20.1 Å². The lowest BCUT2D eigenvalue weighted by molar-refractivity contribution is 0.0697. The maximum Gasteiger partial charge on any atom is 0.335 e. The first-order valence-electron chi connectivity index (χ1n) is 9.16. The van der Waals surface area contributed by atoms with Crippen molar-refractivity contribution in [1.82, 2.24) is 9.55 Å². The molecule has 0 bridgehead atoms. The summed E-state index contributed by atoms with van der Waals surface area (Å²) in [4.78, 5) is 16.0. The van der Waals surface area contributed by atoms with Gasteiger partial charge in [-0.05, 0) is 55.0 Å². The molecule has 0 fully saturated rings. The highest BCUT2D eigenvalue weighted by Crippen LogP contribution is 2.27. The van der Waals surface area contributed by atoms with E-state index in [0.717, 1.165) is 33.7 Å². The number of carbonyl (C=O) groups is 1. The van der Waals surface area contributed by atoms with Gasteiger partial charge >= 0.3 is 5.97 Å². The predicted octanol–water partition coefficient (Wildman–Crippen LogP) is 5.00. The van der Waals surface area contributed by atoms with Gasteiger partial charge in [0.05, 0.1) is 16.6 Å². The quantitative estimate of drug-likeness (QED) is 0.517. The number of hydrogen-bond acceptors (Lipinski definition) is 3. The largest absolute Gasteiger partial charge is 0.489 e. The van der Waals surface area contributed by atoms with Crippen molar-refractivity contribution in [1.29, 1.82) is 0 Å². The van der Waals surface area contributed by atoms with Crippen molar-refractivity contribution in [3.05, 3.63) is 83.9 Å². The van der Waals surface area contributed by atoms with Crippen molar-refractivity contribution >= 4 is 17.0 Å². The van der Waals surface area contributed by atoms with Gasteiger partial charge < -0.3 is 14.4 Å². The molecular weight excluding hydrogens is 352 g/mol. The summed E-state index contributed by atoms with van der Waals surface area (Å²) in [5.41, 5.74) is 3.95. The Bertz CT molecular complexity index is 1120. The number of benzene rings is 3. The Labute approximate surface area is 162 Å². The van der Waals surface area contributed by atoms with Crippen LogP contribution >= 0.6 is 0 Å². The van der Waals surface area contributed by atoms with E-state index in [2.05, 4.69) is 0 Å². The number of rotatable bonds is 6. The van der Waals surface area contributed by atoms with E-state index in [-0.39, 0.29) is 5.56 Å². The van der Waals surface area contributed by atoms with Crippen molar-refractivity contribution in [3.8, 4) is 17.1 Å². The smallest absolute Gasteiger partial charge is 0.335 e. The molecule has 5 nitrogen and oxygen atoms in total. The number of ether oxygens (including phenoxy) is 1. The third-order valence-electron chi connectivity index (χ3n) is 4.67. The van der Waals surface area contributed by atoms with Crippen LogP contribution in [0, 0.1) is 0 Å². The fraction of sp³-hybridized carbons (Fsp3) is 0.130. The molecule has 0 radical (unpaired) electrons. The maximum atomic E-state index is 11.3. The van der Waals surface area contributed by atoms with Crippen LogP contribution in [0.4, 0.5) is 0 Å². The van der Waals surface area contributed by atoms with Crippen LogP contribution in [0.2, 0.25) is 0 Å². The highest BCUT2D eigenvalue weighted by atomic mass is 16.5. The second-order valence-electron chi connectivity index (χ2n) is 6.49. The lowest BCUT2D eigenvalue weighted by Crippen LogP contribution is -2.00.